The number of methoxy groups -OCH3 is 2. The van der Waals surface area contributed by atoms with Crippen LogP contribution in [-0.2, 0) is 14.2 Å². The van der Waals surface area contributed by atoms with Crippen LogP contribution in [0.1, 0.15) is 0 Å². The monoisotopic (exact) mass is 208 g/mol. The third-order valence-corrected chi connectivity index (χ3v) is 2.33. The fourth-order valence-corrected chi connectivity index (χ4v) is 1.54. The van der Waals surface area contributed by atoms with E-state index in [1.54, 1.807) is 0 Å². The van der Waals surface area contributed by atoms with Gasteiger partial charge >= 0.3 is 0 Å². The van der Waals surface area contributed by atoms with Gasteiger partial charge < -0.3 is 29.5 Å². The number of hydrogen-bond acceptors (Lipinski definition) is 6. The Kier molecular flexibility index (Phi) is 4.24. The molecule has 6 nitrogen and oxygen atoms in total. The van der Waals surface area contributed by atoms with Crippen LogP contribution in [0.25, 0.3) is 0 Å². The van der Waals surface area contributed by atoms with Gasteiger partial charge in [-0.1, -0.05) is 0 Å². The van der Waals surface area contributed by atoms with Crippen LogP contribution in [0.15, 0.2) is 0 Å². The highest BCUT2D eigenvalue weighted by molar-refractivity contribution is 4.89. The fourth-order valence-electron chi connectivity index (χ4n) is 1.54. The molecule has 3 N–H and O–H groups in total. The highest BCUT2D eigenvalue weighted by Gasteiger charge is 2.44. The predicted molar refractivity (Wildman–Crippen MR) is 45.6 cm³/mol. The summed E-state index contributed by atoms with van der Waals surface area (Å²) in [6, 6.07) is 0. The zero-order chi connectivity index (χ0) is 10.7. The van der Waals surface area contributed by atoms with Crippen LogP contribution in [0.3, 0.4) is 0 Å². The number of aliphatic hydroxyl groups excluding tert-OH is 3. The molecule has 0 aromatic rings. The first-order valence-corrected chi connectivity index (χ1v) is 4.33. The van der Waals surface area contributed by atoms with E-state index in [1.165, 1.54) is 14.2 Å². The van der Waals surface area contributed by atoms with Crippen molar-refractivity contribution in [2.45, 2.75) is 30.7 Å². The quantitative estimate of drug-likeness (QED) is 0.501. The fraction of sp³-hybridized carbons (Fsp3) is 1.00. The summed E-state index contributed by atoms with van der Waals surface area (Å²) in [5, 5.41) is 28.0. The van der Waals surface area contributed by atoms with E-state index in [1.807, 2.05) is 0 Å². The third kappa shape index (κ3) is 2.05. The summed E-state index contributed by atoms with van der Waals surface area (Å²) in [6.07, 6.45) is -4.68. The van der Waals surface area contributed by atoms with E-state index in [0.29, 0.717) is 0 Å². The van der Waals surface area contributed by atoms with E-state index in [2.05, 4.69) is 0 Å². The van der Waals surface area contributed by atoms with E-state index in [4.69, 9.17) is 19.3 Å². The molecule has 1 fully saturated rings. The smallest absolute Gasteiger partial charge is 0.186 e. The Morgan fingerprint density at radius 1 is 1.14 bits per heavy atom. The average molecular weight is 208 g/mol. The van der Waals surface area contributed by atoms with E-state index < -0.39 is 30.7 Å². The van der Waals surface area contributed by atoms with Crippen LogP contribution < -0.4 is 0 Å². The van der Waals surface area contributed by atoms with Crippen molar-refractivity contribution in [3.05, 3.63) is 0 Å². The molecule has 0 unspecified atom stereocenters. The zero-order valence-corrected chi connectivity index (χ0v) is 8.16. The largest absolute Gasteiger partial charge is 0.394 e. The third-order valence-electron chi connectivity index (χ3n) is 2.33. The van der Waals surface area contributed by atoms with Crippen molar-refractivity contribution in [2.24, 2.45) is 0 Å². The van der Waals surface area contributed by atoms with Gasteiger partial charge in [0.05, 0.1) is 6.61 Å². The van der Waals surface area contributed by atoms with Gasteiger partial charge in [-0.3, -0.25) is 0 Å². The summed E-state index contributed by atoms with van der Waals surface area (Å²) in [7, 11) is 2.72. The summed E-state index contributed by atoms with van der Waals surface area (Å²) >= 11 is 0. The van der Waals surface area contributed by atoms with Crippen LogP contribution in [0, 0.1) is 0 Å². The van der Waals surface area contributed by atoms with Crippen LogP contribution in [0.5, 0.6) is 0 Å². The molecule has 1 aliphatic rings. The molecule has 1 aliphatic heterocycles. The lowest BCUT2D eigenvalue weighted by molar-refractivity contribution is -0.298. The van der Waals surface area contributed by atoms with Gasteiger partial charge in [-0.05, 0) is 0 Å². The van der Waals surface area contributed by atoms with Crippen LogP contribution in [0.2, 0.25) is 0 Å². The van der Waals surface area contributed by atoms with Gasteiger partial charge in [-0.25, -0.2) is 0 Å². The Labute approximate surface area is 82.0 Å². The number of aliphatic hydroxyl groups is 3. The maximum atomic E-state index is 9.59. The minimum Gasteiger partial charge on any atom is -0.394 e. The molecule has 0 aliphatic carbocycles. The van der Waals surface area contributed by atoms with Crippen molar-refractivity contribution in [2.75, 3.05) is 20.8 Å². The van der Waals surface area contributed by atoms with Gasteiger partial charge in [0.25, 0.3) is 0 Å². The Morgan fingerprint density at radius 3 is 2.21 bits per heavy atom. The second kappa shape index (κ2) is 5.01. The Bertz CT molecular complexity index is 173. The Morgan fingerprint density at radius 2 is 1.79 bits per heavy atom. The van der Waals surface area contributed by atoms with Crippen molar-refractivity contribution >= 4 is 0 Å². The summed E-state index contributed by atoms with van der Waals surface area (Å²) in [6.45, 7) is -0.303. The molecule has 0 spiro atoms. The highest BCUT2D eigenvalue weighted by Crippen LogP contribution is 2.23. The highest BCUT2D eigenvalue weighted by atomic mass is 16.7. The first kappa shape index (κ1) is 11.8. The predicted octanol–water partition coefficient (Wildman–Crippen LogP) is -1.91. The molecule has 0 aromatic heterocycles. The van der Waals surface area contributed by atoms with Gasteiger partial charge in [0.15, 0.2) is 6.29 Å². The topological polar surface area (TPSA) is 88.4 Å². The Hall–Kier alpha value is -0.240. The summed E-state index contributed by atoms with van der Waals surface area (Å²) < 4.78 is 14.9. The number of rotatable bonds is 3. The maximum absolute atomic E-state index is 9.59. The SMILES string of the molecule is CO[C@H]1O[C@@H](CO)[C@@H](OC)[C@H](O)[C@@H]1O. The second-order valence-corrected chi connectivity index (χ2v) is 3.14. The number of hydrogen-bond donors (Lipinski definition) is 3. The maximum Gasteiger partial charge on any atom is 0.186 e. The molecule has 6 heteroatoms. The molecule has 0 radical (unpaired) electrons. The molecule has 14 heavy (non-hydrogen) atoms. The molecule has 5 atom stereocenters. The molecule has 0 saturated carbocycles. The van der Waals surface area contributed by atoms with Crippen molar-refractivity contribution in [3.63, 3.8) is 0 Å². The van der Waals surface area contributed by atoms with Gasteiger partial charge in [-0.15, -0.1) is 0 Å². The molecule has 1 saturated heterocycles. The van der Waals surface area contributed by atoms with Gasteiger partial charge in [0.1, 0.15) is 24.4 Å². The van der Waals surface area contributed by atoms with E-state index in [-0.39, 0.29) is 6.61 Å². The minimum atomic E-state index is -1.17. The molecule has 1 heterocycles. The van der Waals surface area contributed by atoms with E-state index in [0.717, 1.165) is 0 Å². The lowest BCUT2D eigenvalue weighted by Gasteiger charge is -2.40. The molecule has 0 aromatic carbocycles. The lowest BCUT2D eigenvalue weighted by Crippen LogP contribution is -2.59. The molecular formula is C8H16O6. The lowest BCUT2D eigenvalue weighted by atomic mass is 9.99. The standard InChI is InChI=1S/C8H16O6/c1-12-7-4(3-9)14-8(13-2)6(11)5(7)10/h4-11H,3H2,1-2H3/t4-,5+,6-,7+,8-/m0/s1. The Balaban J connectivity index is 2.71. The zero-order valence-electron chi connectivity index (χ0n) is 8.16. The minimum absolute atomic E-state index is 0.303. The van der Waals surface area contributed by atoms with Crippen LogP contribution >= 0.6 is 0 Å². The molecule has 1 rings (SSSR count). The summed E-state index contributed by atoms with van der Waals surface area (Å²) in [5.41, 5.74) is 0. The van der Waals surface area contributed by atoms with E-state index >= 15 is 0 Å². The summed E-state index contributed by atoms with van der Waals surface area (Å²) in [4.78, 5) is 0. The first-order chi connectivity index (χ1) is 6.65. The molecular weight excluding hydrogens is 192 g/mol. The normalized spacial score (nSPS) is 43.9. The van der Waals surface area contributed by atoms with Gasteiger partial charge in [-0.2, -0.15) is 0 Å². The average Bonchev–Trinajstić information content (AvgIpc) is 2.21. The molecule has 84 valence electrons. The molecule has 0 bridgehead atoms. The van der Waals surface area contributed by atoms with Crippen LogP contribution in [-0.4, -0.2) is 66.9 Å². The number of ether oxygens (including phenoxy) is 3. The van der Waals surface area contributed by atoms with Crippen molar-refractivity contribution in [3.8, 4) is 0 Å². The van der Waals surface area contributed by atoms with Crippen molar-refractivity contribution in [1.29, 1.82) is 0 Å². The molecule has 0 amide bonds. The van der Waals surface area contributed by atoms with Crippen molar-refractivity contribution in [1.82, 2.24) is 0 Å². The van der Waals surface area contributed by atoms with Gasteiger partial charge in [0, 0.05) is 14.2 Å². The first-order valence-electron chi connectivity index (χ1n) is 4.33. The van der Waals surface area contributed by atoms with Crippen LogP contribution in [0.4, 0.5) is 0 Å². The van der Waals surface area contributed by atoms with E-state index in [9.17, 15) is 10.2 Å². The van der Waals surface area contributed by atoms with Gasteiger partial charge in [0.2, 0.25) is 0 Å². The summed E-state index contributed by atoms with van der Waals surface area (Å²) in [5.74, 6) is 0. The second-order valence-electron chi connectivity index (χ2n) is 3.14. The van der Waals surface area contributed by atoms with Crippen molar-refractivity contribution < 1.29 is 29.5 Å².